The van der Waals surface area contributed by atoms with Gasteiger partial charge in [0, 0.05) is 65.3 Å². The summed E-state index contributed by atoms with van der Waals surface area (Å²) >= 11 is 0. The highest BCUT2D eigenvalue weighted by molar-refractivity contribution is 14.0. The number of anilines is 1. The first-order chi connectivity index (χ1) is 13.7. The van der Waals surface area contributed by atoms with Gasteiger partial charge in [0.1, 0.15) is 0 Å². The van der Waals surface area contributed by atoms with Crippen LogP contribution in [-0.4, -0.2) is 85.1 Å². The highest BCUT2D eigenvalue weighted by atomic mass is 127. The van der Waals surface area contributed by atoms with Gasteiger partial charge in [0.15, 0.2) is 5.96 Å². The van der Waals surface area contributed by atoms with Crippen molar-refractivity contribution in [3.63, 3.8) is 0 Å². The third-order valence-corrected chi connectivity index (χ3v) is 5.75. The van der Waals surface area contributed by atoms with Crippen LogP contribution in [0.3, 0.4) is 0 Å². The number of piperidine rings is 1. The molecule has 2 atom stereocenters. The van der Waals surface area contributed by atoms with Crippen LogP contribution in [0.5, 0.6) is 0 Å². The molecule has 2 unspecified atom stereocenters. The normalized spacial score (nSPS) is 23.6. The monoisotopic (exact) mass is 515 g/mol. The van der Waals surface area contributed by atoms with Crippen molar-refractivity contribution in [2.45, 2.75) is 33.1 Å². The molecular weight excluding hydrogens is 477 g/mol. The Morgan fingerprint density at radius 2 is 1.72 bits per heavy atom. The van der Waals surface area contributed by atoms with E-state index in [9.17, 15) is 0 Å². The second-order valence-electron chi connectivity index (χ2n) is 8.41. The SMILES string of the molecule is CN=C(NCCCCN1CC(C)CC(C)C1)N1CCN(c2ncccn2)CC1.I. The summed E-state index contributed by atoms with van der Waals surface area (Å²) in [6, 6.07) is 1.86. The molecule has 1 N–H and O–H groups in total. The summed E-state index contributed by atoms with van der Waals surface area (Å²) in [4.78, 5) is 20.4. The van der Waals surface area contributed by atoms with Crippen LogP contribution < -0.4 is 10.2 Å². The van der Waals surface area contributed by atoms with Crippen molar-refractivity contribution in [2.24, 2.45) is 16.8 Å². The number of hydrogen-bond donors (Lipinski definition) is 1. The van der Waals surface area contributed by atoms with Gasteiger partial charge in [0.2, 0.25) is 5.95 Å². The van der Waals surface area contributed by atoms with Crippen LogP contribution >= 0.6 is 24.0 Å². The zero-order valence-corrected chi connectivity index (χ0v) is 20.6. The van der Waals surface area contributed by atoms with Crippen LogP contribution in [0.2, 0.25) is 0 Å². The van der Waals surface area contributed by atoms with Crippen LogP contribution in [0.1, 0.15) is 33.1 Å². The number of halogens is 1. The second kappa shape index (κ2) is 12.5. The van der Waals surface area contributed by atoms with Crippen molar-refractivity contribution in [3.05, 3.63) is 18.5 Å². The number of aromatic nitrogens is 2. The standard InChI is InChI=1S/C21H37N7.HI/c1-18-15-19(2)17-26(16-18)10-5-4-7-23-20(22-3)27-11-13-28(14-12-27)21-24-8-6-9-25-21;/h6,8-9,18-19H,4-5,7,10-17H2,1-3H3,(H,22,23);1H. The molecule has 0 amide bonds. The summed E-state index contributed by atoms with van der Waals surface area (Å²) in [5.41, 5.74) is 0. The molecule has 2 fully saturated rings. The van der Waals surface area contributed by atoms with Gasteiger partial charge in [-0.25, -0.2) is 9.97 Å². The van der Waals surface area contributed by atoms with Gasteiger partial charge in [0.25, 0.3) is 0 Å². The average Bonchev–Trinajstić information content (AvgIpc) is 2.71. The number of piperazine rings is 1. The molecule has 2 aliphatic rings. The molecule has 0 radical (unpaired) electrons. The summed E-state index contributed by atoms with van der Waals surface area (Å²) < 4.78 is 0. The lowest BCUT2D eigenvalue weighted by atomic mass is 9.92. The smallest absolute Gasteiger partial charge is 0.225 e. The fourth-order valence-electron chi connectivity index (χ4n) is 4.54. The van der Waals surface area contributed by atoms with Crippen LogP contribution in [0.25, 0.3) is 0 Å². The summed E-state index contributed by atoms with van der Waals surface area (Å²) in [6.45, 7) is 13.3. The lowest BCUT2D eigenvalue weighted by Gasteiger charge is -2.36. The average molecular weight is 515 g/mol. The molecule has 3 heterocycles. The molecule has 8 heteroatoms. The molecule has 1 aromatic heterocycles. The summed E-state index contributed by atoms with van der Waals surface area (Å²) in [5.74, 6) is 3.54. The maximum absolute atomic E-state index is 4.49. The third kappa shape index (κ3) is 7.55. The van der Waals surface area contributed by atoms with E-state index in [1.165, 1.54) is 38.9 Å². The van der Waals surface area contributed by atoms with Gasteiger partial charge in [-0.15, -0.1) is 24.0 Å². The van der Waals surface area contributed by atoms with E-state index in [-0.39, 0.29) is 24.0 Å². The maximum atomic E-state index is 4.49. The summed E-state index contributed by atoms with van der Waals surface area (Å²) in [6.07, 6.45) is 7.44. The number of nitrogens with one attached hydrogen (secondary N) is 1. The van der Waals surface area contributed by atoms with Gasteiger partial charge in [-0.3, -0.25) is 4.99 Å². The molecule has 29 heavy (non-hydrogen) atoms. The van der Waals surface area contributed by atoms with Gasteiger partial charge in [0.05, 0.1) is 0 Å². The first-order valence-corrected chi connectivity index (χ1v) is 10.9. The molecule has 1 aromatic rings. The molecule has 0 aliphatic carbocycles. The van der Waals surface area contributed by atoms with E-state index in [0.717, 1.165) is 56.5 Å². The molecule has 3 rings (SSSR count). The van der Waals surface area contributed by atoms with Crippen LogP contribution in [0, 0.1) is 11.8 Å². The molecule has 164 valence electrons. The Hall–Kier alpha value is -1.16. The molecule has 0 spiro atoms. The molecule has 0 bridgehead atoms. The number of likely N-dealkylation sites (tertiary alicyclic amines) is 1. The van der Waals surface area contributed by atoms with E-state index >= 15 is 0 Å². The topological polar surface area (TPSA) is 59.9 Å². The second-order valence-corrected chi connectivity index (χ2v) is 8.41. The lowest BCUT2D eigenvalue weighted by molar-refractivity contribution is 0.139. The zero-order chi connectivity index (χ0) is 19.8. The van der Waals surface area contributed by atoms with Crippen molar-refractivity contribution in [1.29, 1.82) is 0 Å². The summed E-state index contributed by atoms with van der Waals surface area (Å²) in [7, 11) is 1.88. The fourth-order valence-corrected chi connectivity index (χ4v) is 4.54. The number of nitrogens with zero attached hydrogens (tertiary/aromatic N) is 6. The van der Waals surface area contributed by atoms with Gasteiger partial charge in [-0.05, 0) is 43.7 Å². The third-order valence-electron chi connectivity index (χ3n) is 5.75. The Labute approximate surface area is 193 Å². The predicted octanol–water partition coefficient (Wildman–Crippen LogP) is 2.55. The van der Waals surface area contributed by atoms with Crippen LogP contribution in [-0.2, 0) is 0 Å². The fraction of sp³-hybridized carbons (Fsp3) is 0.762. The Morgan fingerprint density at radius 3 is 2.34 bits per heavy atom. The van der Waals surface area contributed by atoms with E-state index in [4.69, 9.17) is 0 Å². The minimum atomic E-state index is 0. The van der Waals surface area contributed by atoms with Crippen molar-refractivity contribution >= 4 is 35.9 Å². The van der Waals surface area contributed by atoms with Crippen molar-refractivity contribution < 1.29 is 0 Å². The first kappa shape index (κ1) is 24.1. The number of guanidine groups is 1. The lowest BCUT2D eigenvalue weighted by Crippen LogP contribution is -2.53. The maximum Gasteiger partial charge on any atom is 0.225 e. The van der Waals surface area contributed by atoms with E-state index in [1.54, 1.807) is 12.4 Å². The van der Waals surface area contributed by atoms with Gasteiger partial charge in [-0.2, -0.15) is 0 Å². The number of hydrogen-bond acceptors (Lipinski definition) is 5. The van der Waals surface area contributed by atoms with E-state index in [0.29, 0.717) is 0 Å². The number of aliphatic imine (C=N–C) groups is 1. The van der Waals surface area contributed by atoms with E-state index in [2.05, 4.69) is 48.8 Å². The zero-order valence-electron chi connectivity index (χ0n) is 18.3. The molecule has 2 aliphatic heterocycles. The molecule has 2 saturated heterocycles. The first-order valence-electron chi connectivity index (χ1n) is 10.9. The molecule has 0 saturated carbocycles. The predicted molar refractivity (Wildman–Crippen MR) is 131 cm³/mol. The summed E-state index contributed by atoms with van der Waals surface area (Å²) in [5, 5.41) is 3.56. The number of unbranched alkanes of at least 4 members (excludes halogenated alkanes) is 1. The van der Waals surface area contributed by atoms with Crippen molar-refractivity contribution in [1.82, 2.24) is 25.1 Å². The van der Waals surface area contributed by atoms with E-state index < -0.39 is 0 Å². The van der Waals surface area contributed by atoms with Crippen molar-refractivity contribution in [3.8, 4) is 0 Å². The van der Waals surface area contributed by atoms with E-state index in [1.807, 2.05) is 13.1 Å². The Balaban J connectivity index is 0.00000300. The molecular formula is C21H38IN7. The van der Waals surface area contributed by atoms with Crippen LogP contribution in [0.4, 0.5) is 5.95 Å². The quantitative estimate of drug-likeness (QED) is 0.272. The van der Waals surface area contributed by atoms with Crippen LogP contribution in [0.15, 0.2) is 23.5 Å². The highest BCUT2D eigenvalue weighted by Crippen LogP contribution is 2.21. The Bertz CT molecular complexity index is 594. The minimum absolute atomic E-state index is 0. The van der Waals surface area contributed by atoms with Gasteiger partial charge in [-0.1, -0.05) is 13.8 Å². The van der Waals surface area contributed by atoms with Gasteiger partial charge < -0.3 is 20.0 Å². The number of rotatable bonds is 6. The molecule has 0 aromatic carbocycles. The highest BCUT2D eigenvalue weighted by Gasteiger charge is 2.22. The van der Waals surface area contributed by atoms with Crippen molar-refractivity contribution in [2.75, 3.05) is 64.3 Å². The minimum Gasteiger partial charge on any atom is -0.356 e. The largest absolute Gasteiger partial charge is 0.356 e. The molecule has 7 nitrogen and oxygen atoms in total. The Morgan fingerprint density at radius 1 is 1.07 bits per heavy atom. The van der Waals surface area contributed by atoms with Gasteiger partial charge >= 0.3 is 0 Å². The Kier molecular flexibility index (Phi) is 10.4.